The molecule has 9 nitrogen and oxygen atoms in total. The molecule has 0 unspecified atom stereocenters. The van der Waals surface area contributed by atoms with E-state index >= 15 is 0 Å². The lowest BCUT2D eigenvalue weighted by molar-refractivity contribution is -0.120. The van der Waals surface area contributed by atoms with Crippen molar-refractivity contribution in [1.82, 2.24) is 20.1 Å². The number of fused-ring (bicyclic) bond motifs is 1. The Morgan fingerprint density at radius 3 is 2.94 bits per heavy atom. The predicted octanol–water partition coefficient (Wildman–Crippen LogP) is 2.26. The van der Waals surface area contributed by atoms with Crippen LogP contribution in [0.25, 0.3) is 0 Å². The molecule has 1 aliphatic carbocycles. The molecule has 2 amide bonds. The maximum absolute atomic E-state index is 13.8. The van der Waals surface area contributed by atoms with Crippen molar-refractivity contribution in [3.63, 3.8) is 0 Å². The van der Waals surface area contributed by atoms with Gasteiger partial charge in [0, 0.05) is 37.0 Å². The highest BCUT2D eigenvalue weighted by Gasteiger charge is 2.33. The summed E-state index contributed by atoms with van der Waals surface area (Å²) in [4.78, 5) is 30.9. The number of anilines is 1. The van der Waals surface area contributed by atoms with Crippen LogP contribution in [0.1, 0.15) is 36.0 Å². The van der Waals surface area contributed by atoms with Crippen molar-refractivity contribution < 1.29 is 23.8 Å². The predicted molar refractivity (Wildman–Crippen MR) is 128 cm³/mol. The number of carbonyl (C=O) groups excluding carboxylic acids is 2. The van der Waals surface area contributed by atoms with Gasteiger partial charge in [-0.15, -0.1) is 0 Å². The third kappa shape index (κ3) is 4.78. The molecular weight excluding hydrogens is 465 g/mol. The van der Waals surface area contributed by atoms with Crippen LogP contribution in [0.3, 0.4) is 0 Å². The first-order valence-electron chi connectivity index (χ1n) is 11.6. The SMILES string of the molecule is CN1C(=O)[C@@H](NC(=O)n2cc(Cc3cccnc3F)cn2)COc2ccc(C#CC3(O)CCC3)cc21. The van der Waals surface area contributed by atoms with Crippen molar-refractivity contribution in [2.45, 2.75) is 37.3 Å². The highest BCUT2D eigenvalue weighted by atomic mass is 19.1. The number of hydrogen-bond acceptors (Lipinski definition) is 6. The van der Waals surface area contributed by atoms with Gasteiger partial charge in [0.15, 0.2) is 0 Å². The Balaban J connectivity index is 1.27. The van der Waals surface area contributed by atoms with Crippen LogP contribution in [0.15, 0.2) is 48.9 Å². The number of nitrogens with zero attached hydrogens (tertiary/aromatic N) is 4. The van der Waals surface area contributed by atoms with E-state index in [4.69, 9.17) is 4.74 Å². The summed E-state index contributed by atoms with van der Waals surface area (Å²) >= 11 is 0. The number of rotatable bonds is 3. The highest BCUT2D eigenvalue weighted by molar-refractivity contribution is 6.00. The highest BCUT2D eigenvalue weighted by Crippen LogP contribution is 2.33. The van der Waals surface area contributed by atoms with Gasteiger partial charge in [-0.1, -0.05) is 17.9 Å². The van der Waals surface area contributed by atoms with Gasteiger partial charge in [-0.2, -0.15) is 14.2 Å². The van der Waals surface area contributed by atoms with Crippen LogP contribution in [0.4, 0.5) is 14.9 Å². The Labute approximate surface area is 206 Å². The smallest absolute Gasteiger partial charge is 0.342 e. The standard InChI is InChI=1S/C26H24FN5O4/c1-31-21-13-17(7-10-26(35)8-3-9-26)5-6-22(21)36-16-20(24(31)33)30-25(34)32-15-18(14-29-32)12-19-4-2-11-28-23(19)27/h2,4-6,11,13-15,20,35H,3,8-9,12,16H2,1H3,(H,30,34)/t20-/m0/s1. The number of carbonyl (C=O) groups is 2. The van der Waals surface area contributed by atoms with Gasteiger partial charge in [0.05, 0.1) is 11.9 Å². The molecule has 10 heteroatoms. The largest absolute Gasteiger partial charge is 0.489 e. The van der Waals surface area contributed by atoms with Gasteiger partial charge in [0.2, 0.25) is 5.95 Å². The molecule has 2 aromatic heterocycles. The Hall–Kier alpha value is -4.23. The number of hydrogen-bond donors (Lipinski definition) is 2. The zero-order valence-corrected chi connectivity index (χ0v) is 19.6. The molecule has 1 fully saturated rings. The van der Waals surface area contributed by atoms with E-state index in [1.54, 1.807) is 37.4 Å². The van der Waals surface area contributed by atoms with Gasteiger partial charge in [0.1, 0.15) is 24.0 Å². The van der Waals surface area contributed by atoms with E-state index < -0.39 is 23.6 Å². The maximum atomic E-state index is 13.8. The van der Waals surface area contributed by atoms with Crippen molar-refractivity contribution in [3.8, 4) is 17.6 Å². The first kappa shape index (κ1) is 23.5. The van der Waals surface area contributed by atoms with E-state index in [9.17, 15) is 19.1 Å². The van der Waals surface area contributed by atoms with Crippen molar-refractivity contribution in [1.29, 1.82) is 0 Å². The summed E-state index contributed by atoms with van der Waals surface area (Å²) in [5.74, 6) is 5.42. The first-order valence-corrected chi connectivity index (χ1v) is 11.6. The second-order valence-electron chi connectivity index (χ2n) is 8.95. The van der Waals surface area contributed by atoms with E-state index in [1.807, 2.05) is 0 Å². The quantitative estimate of drug-likeness (QED) is 0.432. The Morgan fingerprint density at radius 2 is 2.19 bits per heavy atom. The zero-order chi connectivity index (χ0) is 25.3. The number of pyridine rings is 1. The fourth-order valence-electron chi connectivity index (χ4n) is 4.05. The third-order valence-corrected chi connectivity index (χ3v) is 6.35. The minimum absolute atomic E-state index is 0.0677. The Kier molecular flexibility index (Phi) is 6.16. The molecule has 2 N–H and O–H groups in total. The van der Waals surface area contributed by atoms with E-state index in [1.165, 1.54) is 23.5 Å². The average Bonchev–Trinajstić information content (AvgIpc) is 3.29. The van der Waals surface area contributed by atoms with E-state index in [-0.39, 0.29) is 18.9 Å². The minimum atomic E-state index is -0.955. The second-order valence-corrected chi connectivity index (χ2v) is 8.95. The fraction of sp³-hybridized carbons (Fsp3) is 0.308. The van der Waals surface area contributed by atoms with Gasteiger partial charge >= 0.3 is 6.03 Å². The lowest BCUT2D eigenvalue weighted by Crippen LogP contribution is -2.50. The molecule has 1 saturated carbocycles. The molecule has 1 atom stereocenters. The summed E-state index contributed by atoms with van der Waals surface area (Å²) in [7, 11) is 1.60. The molecule has 184 valence electrons. The van der Waals surface area contributed by atoms with Crippen molar-refractivity contribution in [2.24, 2.45) is 0 Å². The van der Waals surface area contributed by atoms with Crippen LogP contribution in [0.2, 0.25) is 0 Å². The second kappa shape index (κ2) is 9.43. The Morgan fingerprint density at radius 1 is 1.36 bits per heavy atom. The summed E-state index contributed by atoms with van der Waals surface area (Å²) in [5, 5.41) is 16.9. The van der Waals surface area contributed by atoms with Crippen molar-refractivity contribution in [2.75, 3.05) is 18.6 Å². The minimum Gasteiger partial charge on any atom is -0.489 e. The number of halogens is 1. The third-order valence-electron chi connectivity index (χ3n) is 6.35. The molecule has 0 saturated heterocycles. The topological polar surface area (TPSA) is 110 Å². The number of amides is 2. The number of ether oxygens (including phenoxy) is 1. The van der Waals surface area contributed by atoms with Gasteiger partial charge in [0.25, 0.3) is 5.91 Å². The lowest BCUT2D eigenvalue weighted by atomic mass is 9.81. The molecule has 0 radical (unpaired) electrons. The number of benzene rings is 1. The monoisotopic (exact) mass is 489 g/mol. The number of aliphatic hydroxyl groups is 1. The molecule has 3 aromatic rings. The van der Waals surface area contributed by atoms with Crippen LogP contribution >= 0.6 is 0 Å². The maximum Gasteiger partial charge on any atom is 0.342 e. The summed E-state index contributed by atoms with van der Waals surface area (Å²) in [6, 6.07) is 6.88. The van der Waals surface area contributed by atoms with Gasteiger partial charge in [-0.3, -0.25) is 4.79 Å². The number of nitrogens with one attached hydrogen (secondary N) is 1. The van der Waals surface area contributed by atoms with Crippen LogP contribution < -0.4 is 15.0 Å². The lowest BCUT2D eigenvalue weighted by Gasteiger charge is -2.30. The fourth-order valence-corrected chi connectivity index (χ4v) is 4.05. The van der Waals surface area contributed by atoms with Crippen LogP contribution in [-0.2, 0) is 11.2 Å². The van der Waals surface area contributed by atoms with Gasteiger partial charge in [-0.25, -0.2) is 9.78 Å². The van der Waals surface area contributed by atoms with E-state index in [2.05, 4.69) is 27.2 Å². The number of likely N-dealkylation sites (N-methyl/N-ethyl adjacent to an activating group) is 1. The molecule has 2 aliphatic rings. The van der Waals surface area contributed by atoms with Crippen LogP contribution in [-0.4, -0.2) is 57.1 Å². The van der Waals surface area contributed by atoms with E-state index in [0.29, 0.717) is 41.0 Å². The van der Waals surface area contributed by atoms with Gasteiger partial charge < -0.3 is 20.1 Å². The normalized spacial score (nSPS) is 18.1. The van der Waals surface area contributed by atoms with Crippen molar-refractivity contribution >= 4 is 17.6 Å². The van der Waals surface area contributed by atoms with E-state index in [0.717, 1.165) is 11.1 Å². The average molecular weight is 490 g/mol. The van der Waals surface area contributed by atoms with Crippen LogP contribution in [0.5, 0.6) is 5.75 Å². The van der Waals surface area contributed by atoms with Crippen molar-refractivity contribution in [3.05, 3.63) is 71.6 Å². The summed E-state index contributed by atoms with van der Waals surface area (Å²) in [6.07, 6.45) is 6.79. The Bertz CT molecular complexity index is 1390. The summed E-state index contributed by atoms with van der Waals surface area (Å²) in [6.45, 7) is -0.0677. The first-order chi connectivity index (χ1) is 17.3. The summed E-state index contributed by atoms with van der Waals surface area (Å²) < 4.78 is 20.7. The zero-order valence-electron chi connectivity index (χ0n) is 19.6. The molecule has 0 spiro atoms. The molecular formula is C26H24FN5O4. The molecule has 1 aliphatic heterocycles. The summed E-state index contributed by atoms with van der Waals surface area (Å²) in [5.41, 5.74) is 1.23. The van der Waals surface area contributed by atoms with Crippen LogP contribution in [0, 0.1) is 17.8 Å². The molecule has 5 rings (SSSR count). The number of aromatic nitrogens is 3. The molecule has 0 bridgehead atoms. The van der Waals surface area contributed by atoms with Gasteiger partial charge in [-0.05, 0) is 49.1 Å². The molecule has 1 aromatic carbocycles. The molecule has 36 heavy (non-hydrogen) atoms. The molecule has 3 heterocycles.